The first kappa shape index (κ1) is 26.2. The van der Waals surface area contributed by atoms with Crippen LogP contribution in [0.2, 0.25) is 0 Å². The van der Waals surface area contributed by atoms with Crippen LogP contribution in [0.5, 0.6) is 0 Å². The summed E-state index contributed by atoms with van der Waals surface area (Å²) in [5.74, 6) is 1.71. The van der Waals surface area contributed by atoms with E-state index in [4.69, 9.17) is 9.57 Å². The number of nitrogens with zero attached hydrogens (tertiary/aromatic N) is 2. The van der Waals surface area contributed by atoms with E-state index in [9.17, 15) is 4.79 Å². The number of carbonyl (C=O) groups is 1. The van der Waals surface area contributed by atoms with E-state index in [0.717, 1.165) is 50.7 Å². The maximum Gasteiger partial charge on any atom is 0.164 e. The van der Waals surface area contributed by atoms with Gasteiger partial charge in [0, 0.05) is 37.7 Å². The standard InChI is InChI=1S/C32H44N2O3/c1-7-37-20-29(35)31(2)17-16-28-26-14-10-22-18-23(33-36-6)11-15-25(22)30(26)27(19-32(28,31)3)21-8-12-24(13-9-21)34(4)5/h8-9,12-13,18,26-28H,7,10-11,14-17,19-20H2,1-6H3/b33-23-/t26?,27?,28?,31-,32+/m1/s1. The molecule has 4 aliphatic rings. The molecular weight excluding hydrogens is 460 g/mol. The molecule has 0 aromatic heterocycles. The van der Waals surface area contributed by atoms with Gasteiger partial charge < -0.3 is 14.5 Å². The predicted octanol–water partition coefficient (Wildman–Crippen LogP) is 6.70. The fourth-order valence-electron chi connectivity index (χ4n) is 8.22. The number of allylic oxidation sites excluding steroid dienone is 4. The van der Waals surface area contributed by atoms with Crippen molar-refractivity contribution in [3.63, 3.8) is 0 Å². The third-order valence-electron chi connectivity index (χ3n) is 10.4. The van der Waals surface area contributed by atoms with E-state index >= 15 is 0 Å². The molecular formula is C32H44N2O3. The number of hydrogen-bond donors (Lipinski definition) is 0. The minimum atomic E-state index is -0.341. The number of ether oxygens (including phenoxy) is 1. The largest absolute Gasteiger partial charge is 0.399 e. The number of carbonyl (C=O) groups excluding carboxylic acids is 1. The monoisotopic (exact) mass is 504 g/mol. The lowest BCUT2D eigenvalue weighted by Gasteiger charge is -2.55. The molecule has 5 atom stereocenters. The van der Waals surface area contributed by atoms with Gasteiger partial charge in [-0.2, -0.15) is 0 Å². The fourth-order valence-corrected chi connectivity index (χ4v) is 8.22. The molecule has 2 saturated carbocycles. The van der Waals surface area contributed by atoms with Crippen molar-refractivity contribution in [1.29, 1.82) is 0 Å². The number of rotatable bonds is 7. The van der Waals surface area contributed by atoms with Crippen LogP contribution in [0.4, 0.5) is 5.69 Å². The first-order valence-electron chi connectivity index (χ1n) is 14.2. The Labute approximate surface area is 223 Å². The summed E-state index contributed by atoms with van der Waals surface area (Å²) < 4.78 is 5.66. The molecule has 0 spiro atoms. The van der Waals surface area contributed by atoms with Crippen LogP contribution in [0, 0.1) is 22.7 Å². The zero-order valence-electron chi connectivity index (χ0n) is 23.6. The van der Waals surface area contributed by atoms with Gasteiger partial charge in [-0.25, -0.2) is 0 Å². The molecule has 37 heavy (non-hydrogen) atoms. The van der Waals surface area contributed by atoms with Crippen LogP contribution in [-0.4, -0.2) is 45.9 Å². The van der Waals surface area contributed by atoms with Crippen molar-refractivity contribution < 1.29 is 14.4 Å². The summed E-state index contributed by atoms with van der Waals surface area (Å²) >= 11 is 0. The topological polar surface area (TPSA) is 51.1 Å². The molecule has 0 heterocycles. The van der Waals surface area contributed by atoms with Crippen LogP contribution >= 0.6 is 0 Å². The quantitative estimate of drug-likeness (QED) is 0.388. The Morgan fingerprint density at radius 1 is 1.11 bits per heavy atom. The average molecular weight is 505 g/mol. The smallest absolute Gasteiger partial charge is 0.164 e. The van der Waals surface area contributed by atoms with E-state index in [1.165, 1.54) is 16.8 Å². The minimum absolute atomic E-state index is 0.0423. The van der Waals surface area contributed by atoms with Gasteiger partial charge in [-0.3, -0.25) is 4.79 Å². The predicted molar refractivity (Wildman–Crippen MR) is 150 cm³/mol. The summed E-state index contributed by atoms with van der Waals surface area (Å²) in [5.41, 5.74) is 7.98. The highest BCUT2D eigenvalue weighted by atomic mass is 16.6. The number of fused-ring (bicyclic) bond motifs is 4. The summed E-state index contributed by atoms with van der Waals surface area (Å²) in [7, 11) is 5.82. The summed E-state index contributed by atoms with van der Waals surface area (Å²) in [6.07, 6.45) is 9.64. The van der Waals surface area contributed by atoms with Crippen LogP contribution in [0.25, 0.3) is 0 Å². The van der Waals surface area contributed by atoms with Crippen molar-refractivity contribution in [2.24, 2.45) is 27.8 Å². The second kappa shape index (κ2) is 10.1. The molecule has 0 radical (unpaired) electrons. The Hall–Kier alpha value is -2.40. The molecule has 0 amide bonds. The zero-order chi connectivity index (χ0) is 26.4. The summed E-state index contributed by atoms with van der Waals surface area (Å²) in [4.78, 5) is 20.9. The Balaban J connectivity index is 1.62. The lowest BCUT2D eigenvalue weighted by atomic mass is 9.48. The van der Waals surface area contributed by atoms with Crippen LogP contribution < -0.4 is 4.90 Å². The number of anilines is 1. The second-order valence-corrected chi connectivity index (χ2v) is 12.2. The summed E-state index contributed by atoms with van der Waals surface area (Å²) in [5, 5.41) is 4.27. The Bertz CT molecular complexity index is 1130. The number of oxime groups is 1. The molecule has 0 saturated heterocycles. The summed E-state index contributed by atoms with van der Waals surface area (Å²) in [6.45, 7) is 7.49. The normalized spacial score (nSPS) is 33.9. The molecule has 1 aromatic rings. The van der Waals surface area contributed by atoms with Gasteiger partial charge in [0.05, 0.1) is 5.71 Å². The van der Waals surface area contributed by atoms with Crippen molar-refractivity contribution in [3.05, 3.63) is 52.6 Å². The maximum absolute atomic E-state index is 13.7. The molecule has 1 aromatic carbocycles. The van der Waals surface area contributed by atoms with Crippen molar-refractivity contribution in [2.45, 2.75) is 71.6 Å². The van der Waals surface area contributed by atoms with Crippen molar-refractivity contribution in [2.75, 3.05) is 39.3 Å². The van der Waals surface area contributed by atoms with E-state index in [0.29, 0.717) is 30.1 Å². The first-order chi connectivity index (χ1) is 17.7. The van der Waals surface area contributed by atoms with Crippen molar-refractivity contribution in [1.82, 2.24) is 0 Å². The van der Waals surface area contributed by atoms with Crippen LogP contribution in [0.3, 0.4) is 0 Å². The van der Waals surface area contributed by atoms with Gasteiger partial charge in [0.25, 0.3) is 0 Å². The molecule has 5 rings (SSSR count). The van der Waals surface area contributed by atoms with E-state index < -0.39 is 0 Å². The fraction of sp³-hybridized carbons (Fsp3) is 0.625. The van der Waals surface area contributed by atoms with Crippen molar-refractivity contribution in [3.8, 4) is 0 Å². The molecule has 0 N–H and O–H groups in total. The van der Waals surface area contributed by atoms with Crippen LogP contribution in [0.15, 0.2) is 52.2 Å². The van der Waals surface area contributed by atoms with Gasteiger partial charge in [-0.05, 0) is 104 Å². The number of Topliss-reactive ketones (excluding diaryl/α,β-unsaturated/α-hetero) is 1. The maximum atomic E-state index is 13.7. The second-order valence-electron chi connectivity index (χ2n) is 12.2. The molecule has 0 aliphatic heterocycles. The van der Waals surface area contributed by atoms with E-state index in [1.807, 2.05) is 6.92 Å². The third kappa shape index (κ3) is 4.27. The molecule has 0 bridgehead atoms. The molecule has 4 aliphatic carbocycles. The summed E-state index contributed by atoms with van der Waals surface area (Å²) in [6, 6.07) is 9.17. The highest BCUT2D eigenvalue weighted by Crippen LogP contribution is 2.69. The average Bonchev–Trinajstić information content (AvgIpc) is 3.18. The Morgan fingerprint density at radius 2 is 1.86 bits per heavy atom. The van der Waals surface area contributed by atoms with E-state index in [1.54, 1.807) is 18.3 Å². The van der Waals surface area contributed by atoms with Crippen LogP contribution in [0.1, 0.15) is 77.2 Å². The molecule has 2 fully saturated rings. The van der Waals surface area contributed by atoms with Gasteiger partial charge in [-0.1, -0.05) is 36.7 Å². The Morgan fingerprint density at radius 3 is 2.54 bits per heavy atom. The molecule has 200 valence electrons. The molecule has 3 unspecified atom stereocenters. The van der Waals surface area contributed by atoms with Gasteiger partial charge >= 0.3 is 0 Å². The van der Waals surface area contributed by atoms with Gasteiger partial charge in [0.15, 0.2) is 5.78 Å². The highest BCUT2D eigenvalue weighted by Gasteiger charge is 2.63. The number of benzene rings is 1. The highest BCUT2D eigenvalue weighted by molar-refractivity contribution is 5.97. The van der Waals surface area contributed by atoms with Crippen LogP contribution in [-0.2, 0) is 14.4 Å². The van der Waals surface area contributed by atoms with Gasteiger partial charge in [0.2, 0.25) is 0 Å². The van der Waals surface area contributed by atoms with E-state index in [2.05, 4.69) is 68.3 Å². The first-order valence-corrected chi connectivity index (χ1v) is 14.2. The third-order valence-corrected chi connectivity index (χ3v) is 10.4. The number of ketones is 1. The lowest BCUT2D eigenvalue weighted by Crippen LogP contribution is -2.50. The zero-order valence-corrected chi connectivity index (χ0v) is 23.6. The lowest BCUT2D eigenvalue weighted by molar-refractivity contribution is -0.141. The Kier molecular flexibility index (Phi) is 7.12. The SMILES string of the molecule is CCOCC(=O)[C@@]1(C)CCC2C3CCC4=C/C(=N\OC)CCC4=C3C(c3ccc(N(C)C)cc3)C[C@@]21C. The van der Waals surface area contributed by atoms with Crippen molar-refractivity contribution >= 4 is 17.2 Å². The minimum Gasteiger partial charge on any atom is -0.399 e. The van der Waals surface area contributed by atoms with Gasteiger partial charge in [0.1, 0.15) is 13.7 Å². The van der Waals surface area contributed by atoms with Gasteiger partial charge in [-0.15, -0.1) is 0 Å². The molecule has 5 nitrogen and oxygen atoms in total. The van der Waals surface area contributed by atoms with E-state index in [-0.39, 0.29) is 17.4 Å². The number of hydrogen-bond acceptors (Lipinski definition) is 5. The molecule has 5 heteroatoms.